The highest BCUT2D eigenvalue weighted by atomic mass is 16.7. The van der Waals surface area contributed by atoms with Crippen LogP contribution in [0.4, 0.5) is 0 Å². The normalized spacial score (nSPS) is 17.4. The highest BCUT2D eigenvalue weighted by Crippen LogP contribution is 2.32. The number of hydrogen-bond acceptors (Lipinski definition) is 3. The van der Waals surface area contributed by atoms with Gasteiger partial charge in [0.05, 0.1) is 0 Å². The predicted molar refractivity (Wildman–Crippen MR) is 81.3 cm³/mol. The van der Waals surface area contributed by atoms with Crippen LogP contribution < -0.4 is 9.47 Å². The lowest BCUT2D eigenvalue weighted by Crippen LogP contribution is -2.35. The van der Waals surface area contributed by atoms with Crippen molar-refractivity contribution in [2.24, 2.45) is 0 Å². The second-order valence-electron chi connectivity index (χ2n) is 5.50. The number of carbonyl (C=O) groups excluding carboxylic acids is 1. The molecule has 4 nitrogen and oxygen atoms in total. The van der Waals surface area contributed by atoms with Crippen LogP contribution in [0.1, 0.15) is 37.7 Å². The molecule has 0 atom stereocenters. The van der Waals surface area contributed by atoms with Crippen LogP contribution >= 0.6 is 0 Å². The zero-order valence-corrected chi connectivity index (χ0v) is 12.2. The molecule has 0 aliphatic carbocycles. The molecule has 2 aliphatic heterocycles. The van der Waals surface area contributed by atoms with Crippen molar-refractivity contribution < 1.29 is 14.3 Å². The third-order valence-corrected chi connectivity index (χ3v) is 3.94. The van der Waals surface area contributed by atoms with Gasteiger partial charge in [-0.05, 0) is 43.4 Å². The van der Waals surface area contributed by atoms with Gasteiger partial charge in [0.15, 0.2) is 11.5 Å². The van der Waals surface area contributed by atoms with Gasteiger partial charge >= 0.3 is 0 Å². The van der Waals surface area contributed by atoms with E-state index in [9.17, 15) is 4.79 Å². The number of amides is 1. The highest BCUT2D eigenvalue weighted by Gasteiger charge is 2.15. The van der Waals surface area contributed by atoms with Crippen LogP contribution in [0.2, 0.25) is 0 Å². The summed E-state index contributed by atoms with van der Waals surface area (Å²) in [6, 6.07) is 5.88. The van der Waals surface area contributed by atoms with Gasteiger partial charge in [-0.15, -0.1) is 0 Å². The molecule has 0 bridgehead atoms. The van der Waals surface area contributed by atoms with E-state index in [4.69, 9.17) is 9.47 Å². The summed E-state index contributed by atoms with van der Waals surface area (Å²) < 4.78 is 10.6. The van der Waals surface area contributed by atoms with Crippen molar-refractivity contribution in [1.82, 2.24) is 4.90 Å². The molecule has 1 amide bonds. The van der Waals surface area contributed by atoms with E-state index in [0.29, 0.717) is 13.2 Å². The minimum atomic E-state index is 0.282. The SMILES string of the molecule is O=C(CC/C=C/c1ccc2c(c1)OCO2)N1CCCCC1. The van der Waals surface area contributed by atoms with Crippen LogP contribution in [-0.2, 0) is 4.79 Å². The van der Waals surface area contributed by atoms with Crippen LogP contribution in [0.3, 0.4) is 0 Å². The molecule has 21 heavy (non-hydrogen) atoms. The molecule has 1 fully saturated rings. The van der Waals surface area contributed by atoms with E-state index >= 15 is 0 Å². The maximum absolute atomic E-state index is 12.0. The van der Waals surface area contributed by atoms with Crippen molar-refractivity contribution in [2.45, 2.75) is 32.1 Å². The summed E-state index contributed by atoms with van der Waals surface area (Å²) in [5.41, 5.74) is 1.07. The molecule has 1 aromatic rings. The van der Waals surface area contributed by atoms with E-state index in [1.165, 1.54) is 6.42 Å². The van der Waals surface area contributed by atoms with Crippen LogP contribution in [0.25, 0.3) is 6.08 Å². The molecule has 2 heterocycles. The molecule has 112 valence electrons. The zero-order valence-electron chi connectivity index (χ0n) is 12.2. The van der Waals surface area contributed by atoms with Crippen molar-refractivity contribution in [3.8, 4) is 11.5 Å². The van der Waals surface area contributed by atoms with Gasteiger partial charge in [0.2, 0.25) is 12.7 Å². The lowest BCUT2D eigenvalue weighted by atomic mass is 10.1. The first-order chi connectivity index (χ1) is 10.3. The number of rotatable bonds is 4. The Hall–Kier alpha value is -1.97. The maximum Gasteiger partial charge on any atom is 0.231 e. The minimum absolute atomic E-state index is 0.282. The summed E-state index contributed by atoms with van der Waals surface area (Å²) in [4.78, 5) is 14.0. The van der Waals surface area contributed by atoms with E-state index < -0.39 is 0 Å². The smallest absolute Gasteiger partial charge is 0.231 e. The maximum atomic E-state index is 12.0. The van der Waals surface area contributed by atoms with Crippen LogP contribution in [-0.4, -0.2) is 30.7 Å². The van der Waals surface area contributed by atoms with E-state index in [0.717, 1.165) is 49.4 Å². The fourth-order valence-electron chi connectivity index (χ4n) is 2.74. The number of hydrogen-bond donors (Lipinski definition) is 0. The molecular formula is C17H21NO3. The Morgan fingerprint density at radius 1 is 1.14 bits per heavy atom. The summed E-state index contributed by atoms with van der Waals surface area (Å²) in [6.07, 6.45) is 9.03. The van der Waals surface area contributed by atoms with Gasteiger partial charge in [-0.3, -0.25) is 4.79 Å². The van der Waals surface area contributed by atoms with Crippen LogP contribution in [0.5, 0.6) is 11.5 Å². The molecule has 0 unspecified atom stereocenters. The summed E-state index contributed by atoms with van der Waals surface area (Å²) in [5, 5.41) is 0. The number of piperidine rings is 1. The molecule has 0 N–H and O–H groups in total. The third kappa shape index (κ3) is 3.57. The van der Waals surface area contributed by atoms with E-state index in [1.807, 2.05) is 29.2 Å². The molecule has 1 saturated heterocycles. The first kappa shape index (κ1) is 14.0. The van der Waals surface area contributed by atoms with E-state index in [-0.39, 0.29) is 5.91 Å². The predicted octanol–water partition coefficient (Wildman–Crippen LogP) is 3.22. The number of nitrogens with zero attached hydrogens (tertiary/aromatic N) is 1. The first-order valence-corrected chi connectivity index (χ1v) is 7.67. The second-order valence-corrected chi connectivity index (χ2v) is 5.50. The van der Waals surface area contributed by atoms with Gasteiger partial charge in [-0.25, -0.2) is 0 Å². The molecule has 0 saturated carbocycles. The van der Waals surface area contributed by atoms with Gasteiger partial charge in [0.1, 0.15) is 0 Å². The third-order valence-electron chi connectivity index (χ3n) is 3.94. The Morgan fingerprint density at radius 3 is 2.81 bits per heavy atom. The quantitative estimate of drug-likeness (QED) is 0.853. The van der Waals surface area contributed by atoms with Gasteiger partial charge in [-0.2, -0.15) is 0 Å². The molecular weight excluding hydrogens is 266 g/mol. The van der Waals surface area contributed by atoms with Crippen molar-refractivity contribution in [3.63, 3.8) is 0 Å². The highest BCUT2D eigenvalue weighted by molar-refractivity contribution is 5.76. The largest absolute Gasteiger partial charge is 0.454 e. The number of carbonyl (C=O) groups is 1. The Morgan fingerprint density at radius 2 is 1.95 bits per heavy atom. The molecule has 4 heteroatoms. The fraction of sp³-hybridized carbons (Fsp3) is 0.471. The molecule has 1 aromatic carbocycles. The standard InChI is InChI=1S/C17H21NO3/c19-17(18-10-4-1-5-11-18)7-3-2-6-14-8-9-15-16(12-14)21-13-20-15/h2,6,8-9,12H,1,3-5,7,10-11,13H2/b6-2+. The first-order valence-electron chi connectivity index (χ1n) is 7.67. The number of allylic oxidation sites excluding steroid dienone is 1. The van der Waals surface area contributed by atoms with Gasteiger partial charge < -0.3 is 14.4 Å². The van der Waals surface area contributed by atoms with Crippen molar-refractivity contribution >= 4 is 12.0 Å². The molecule has 0 radical (unpaired) electrons. The summed E-state index contributed by atoms with van der Waals surface area (Å²) >= 11 is 0. The Kier molecular flexibility index (Phi) is 4.43. The van der Waals surface area contributed by atoms with Crippen LogP contribution in [0, 0.1) is 0 Å². The van der Waals surface area contributed by atoms with Crippen LogP contribution in [0.15, 0.2) is 24.3 Å². The molecule has 0 aromatic heterocycles. The molecule has 3 rings (SSSR count). The number of fused-ring (bicyclic) bond motifs is 1. The Bertz CT molecular complexity index is 533. The lowest BCUT2D eigenvalue weighted by molar-refractivity contribution is -0.131. The average molecular weight is 287 g/mol. The van der Waals surface area contributed by atoms with E-state index in [2.05, 4.69) is 6.08 Å². The van der Waals surface area contributed by atoms with Crippen molar-refractivity contribution in [2.75, 3.05) is 19.9 Å². The summed E-state index contributed by atoms with van der Waals surface area (Å²) in [5.74, 6) is 1.87. The fourth-order valence-corrected chi connectivity index (χ4v) is 2.74. The minimum Gasteiger partial charge on any atom is -0.454 e. The molecule has 2 aliphatic rings. The van der Waals surface area contributed by atoms with Gasteiger partial charge in [-0.1, -0.05) is 18.2 Å². The summed E-state index contributed by atoms with van der Waals surface area (Å²) in [6.45, 7) is 2.17. The number of ether oxygens (including phenoxy) is 2. The topological polar surface area (TPSA) is 38.8 Å². The number of likely N-dealkylation sites (tertiary alicyclic amines) is 1. The Balaban J connectivity index is 1.47. The average Bonchev–Trinajstić information content (AvgIpc) is 3.00. The summed E-state index contributed by atoms with van der Waals surface area (Å²) in [7, 11) is 0. The monoisotopic (exact) mass is 287 g/mol. The zero-order chi connectivity index (χ0) is 14.5. The van der Waals surface area contributed by atoms with Gasteiger partial charge in [0, 0.05) is 19.5 Å². The molecule has 0 spiro atoms. The van der Waals surface area contributed by atoms with E-state index in [1.54, 1.807) is 0 Å². The lowest BCUT2D eigenvalue weighted by Gasteiger charge is -2.26. The number of benzene rings is 1. The van der Waals surface area contributed by atoms with Crippen molar-refractivity contribution in [3.05, 3.63) is 29.8 Å². The van der Waals surface area contributed by atoms with Gasteiger partial charge in [0.25, 0.3) is 0 Å². The van der Waals surface area contributed by atoms with Crippen molar-refractivity contribution in [1.29, 1.82) is 0 Å². The Labute approximate surface area is 125 Å². The second kappa shape index (κ2) is 6.66.